The molecule has 0 aliphatic carbocycles. The Hall–Kier alpha value is -0.643. The van der Waals surface area contributed by atoms with E-state index >= 15 is 0 Å². The van der Waals surface area contributed by atoms with Gasteiger partial charge in [-0.05, 0) is 26.6 Å². The van der Waals surface area contributed by atoms with Crippen molar-refractivity contribution in [3.05, 3.63) is 35.9 Å². The van der Waals surface area contributed by atoms with Gasteiger partial charge in [0.15, 0.2) is 6.73 Å². The van der Waals surface area contributed by atoms with E-state index in [-0.39, 0.29) is 0 Å². The molecule has 0 saturated carbocycles. The Morgan fingerprint density at radius 1 is 1.18 bits per heavy atom. The highest BCUT2D eigenvalue weighted by Crippen LogP contribution is 2.33. The zero-order valence-electron chi connectivity index (χ0n) is 12.0. The lowest BCUT2D eigenvalue weighted by molar-refractivity contribution is -0.864. The number of nitrogens with zero attached hydrogens (tertiary/aromatic N) is 1. The van der Waals surface area contributed by atoms with Crippen molar-refractivity contribution < 1.29 is 8.89 Å². The smallest absolute Gasteiger partial charge is 0.278 e. The highest BCUT2D eigenvalue weighted by atomic mass is 28.3. The lowest BCUT2D eigenvalue weighted by Crippen LogP contribution is -2.62. The van der Waals surface area contributed by atoms with E-state index in [1.807, 2.05) is 0 Å². The molecule has 0 aliphatic heterocycles. The first-order valence-corrected chi connectivity index (χ1v) is 9.67. The highest BCUT2D eigenvalue weighted by Gasteiger charge is 2.43. The summed E-state index contributed by atoms with van der Waals surface area (Å²) in [5.74, 6) is 0. The van der Waals surface area contributed by atoms with Crippen molar-refractivity contribution in [2.45, 2.75) is 32.6 Å². The van der Waals surface area contributed by atoms with Crippen LogP contribution in [0.2, 0.25) is 19.6 Å². The number of methoxy groups -OCH3 is 1. The van der Waals surface area contributed by atoms with Gasteiger partial charge in [0.1, 0.15) is 0 Å². The molecule has 2 atom stereocenters. The molecule has 0 fully saturated rings. The predicted molar refractivity (Wildman–Crippen MR) is 76.3 cm³/mol. The van der Waals surface area contributed by atoms with E-state index in [4.69, 9.17) is 4.74 Å². The van der Waals surface area contributed by atoms with Gasteiger partial charge in [-0.2, -0.15) is 0 Å². The number of ether oxygens (including phenoxy) is 1. The average Bonchev–Trinajstić information content (AvgIpc) is 2.28. The quantitative estimate of drug-likeness (QED) is 0.574. The monoisotopic (exact) mass is 252 g/mol. The Balaban J connectivity index is 3.08. The molecule has 1 aromatic rings. The second-order valence-corrected chi connectivity index (χ2v) is 11.3. The van der Waals surface area contributed by atoms with Gasteiger partial charge in [0.25, 0.3) is 8.24 Å². The van der Waals surface area contributed by atoms with Crippen molar-refractivity contribution in [2.75, 3.05) is 20.9 Å². The number of quaternary nitrogens is 1. The molecule has 0 aliphatic rings. The van der Waals surface area contributed by atoms with Crippen molar-refractivity contribution in [2.24, 2.45) is 0 Å². The SMILES string of the molecule is COC[N@+](C)(C(C)c1ccccc1)[Si](C)(C)C. The summed E-state index contributed by atoms with van der Waals surface area (Å²) in [6.45, 7) is 10.3. The Kier molecular flexibility index (Phi) is 4.53. The minimum absolute atomic E-state index is 0.475. The van der Waals surface area contributed by atoms with Gasteiger partial charge in [-0.3, -0.25) is 0 Å². The molecular formula is C14H26NOSi+. The maximum absolute atomic E-state index is 5.48. The topological polar surface area (TPSA) is 9.23 Å². The maximum atomic E-state index is 5.48. The second kappa shape index (κ2) is 5.34. The van der Waals surface area contributed by atoms with Crippen LogP contribution in [-0.4, -0.2) is 33.3 Å². The van der Waals surface area contributed by atoms with E-state index in [1.54, 1.807) is 7.11 Å². The molecule has 2 nitrogen and oxygen atoms in total. The van der Waals surface area contributed by atoms with Gasteiger partial charge in [-0.25, -0.2) is 0 Å². The zero-order chi connectivity index (χ0) is 13.1. The largest absolute Gasteiger partial charge is 0.358 e. The van der Waals surface area contributed by atoms with Crippen LogP contribution in [0.1, 0.15) is 18.5 Å². The van der Waals surface area contributed by atoms with Crippen molar-refractivity contribution in [1.29, 1.82) is 0 Å². The Labute approximate surface area is 107 Å². The number of hydrogen-bond acceptors (Lipinski definition) is 1. The van der Waals surface area contributed by atoms with Gasteiger partial charge in [0.05, 0.1) is 13.1 Å². The van der Waals surface area contributed by atoms with E-state index in [2.05, 4.69) is 63.9 Å². The minimum atomic E-state index is -1.37. The molecule has 17 heavy (non-hydrogen) atoms. The zero-order valence-corrected chi connectivity index (χ0v) is 13.0. The molecule has 0 aromatic heterocycles. The van der Waals surface area contributed by atoms with E-state index < -0.39 is 8.24 Å². The van der Waals surface area contributed by atoms with Crippen LogP contribution in [-0.2, 0) is 4.74 Å². The van der Waals surface area contributed by atoms with Crippen LogP contribution >= 0.6 is 0 Å². The Morgan fingerprint density at radius 3 is 2.12 bits per heavy atom. The van der Waals surface area contributed by atoms with Crippen LogP contribution in [0.25, 0.3) is 0 Å². The lowest BCUT2D eigenvalue weighted by atomic mass is 10.1. The summed E-state index contributed by atoms with van der Waals surface area (Å²) in [5, 5.41) is 0. The Bertz CT molecular complexity index is 347. The number of benzene rings is 1. The van der Waals surface area contributed by atoms with Gasteiger partial charge in [-0.15, -0.1) is 0 Å². The van der Waals surface area contributed by atoms with Crippen LogP contribution < -0.4 is 0 Å². The van der Waals surface area contributed by atoms with E-state index in [1.165, 1.54) is 5.56 Å². The minimum Gasteiger partial charge on any atom is -0.358 e. The summed E-state index contributed by atoms with van der Waals surface area (Å²) in [5.41, 5.74) is 1.40. The maximum Gasteiger partial charge on any atom is 0.278 e. The number of rotatable bonds is 5. The second-order valence-electron chi connectivity index (χ2n) is 5.94. The summed E-state index contributed by atoms with van der Waals surface area (Å²) in [4.78, 5) is 0. The van der Waals surface area contributed by atoms with E-state index in [0.29, 0.717) is 6.04 Å². The molecule has 0 spiro atoms. The fourth-order valence-electron chi connectivity index (χ4n) is 2.22. The van der Waals surface area contributed by atoms with Crippen LogP contribution in [0, 0.1) is 0 Å². The molecule has 0 saturated heterocycles. The van der Waals surface area contributed by atoms with Crippen LogP contribution in [0.5, 0.6) is 0 Å². The summed E-state index contributed by atoms with van der Waals surface area (Å²) < 4.78 is 6.49. The van der Waals surface area contributed by atoms with E-state index in [0.717, 1.165) is 10.9 Å². The van der Waals surface area contributed by atoms with Gasteiger partial charge in [0, 0.05) is 12.7 Å². The molecule has 3 heteroatoms. The van der Waals surface area contributed by atoms with Crippen LogP contribution in [0.3, 0.4) is 0 Å². The first-order valence-electron chi connectivity index (χ1n) is 6.22. The van der Waals surface area contributed by atoms with Gasteiger partial charge >= 0.3 is 0 Å². The molecule has 1 rings (SSSR count). The van der Waals surface area contributed by atoms with Crippen LogP contribution in [0.15, 0.2) is 30.3 Å². The third-order valence-corrected chi connectivity index (χ3v) is 7.65. The van der Waals surface area contributed by atoms with Gasteiger partial charge < -0.3 is 8.89 Å². The number of hydrogen-bond donors (Lipinski definition) is 0. The Morgan fingerprint density at radius 2 is 1.71 bits per heavy atom. The molecule has 1 aromatic carbocycles. The summed E-state index contributed by atoms with van der Waals surface area (Å²) >= 11 is 0. The standard InChI is InChI=1S/C14H26NOSi/c1-13(14-10-8-7-9-11-14)15(2,12-16-3)17(4,5)6/h7-11,13H,12H2,1-6H3/q+1/t13?,15-/m1/s1. The van der Waals surface area contributed by atoms with Crippen LogP contribution in [0.4, 0.5) is 0 Å². The molecule has 96 valence electrons. The molecule has 0 amide bonds. The molecule has 0 bridgehead atoms. The van der Waals surface area contributed by atoms with Crippen molar-refractivity contribution in [3.63, 3.8) is 0 Å². The van der Waals surface area contributed by atoms with Crippen molar-refractivity contribution in [1.82, 2.24) is 0 Å². The fourth-order valence-corrected chi connectivity index (χ4v) is 4.04. The summed E-state index contributed by atoms with van der Waals surface area (Å²) in [6.07, 6.45) is 0. The lowest BCUT2D eigenvalue weighted by Gasteiger charge is -2.48. The summed E-state index contributed by atoms with van der Waals surface area (Å²) in [6, 6.07) is 11.2. The third-order valence-electron chi connectivity index (χ3n) is 4.07. The highest BCUT2D eigenvalue weighted by molar-refractivity contribution is 6.68. The predicted octanol–water partition coefficient (Wildman–Crippen LogP) is 3.63. The van der Waals surface area contributed by atoms with Crippen molar-refractivity contribution >= 4 is 8.24 Å². The average molecular weight is 252 g/mol. The molecule has 0 radical (unpaired) electrons. The molecule has 0 heterocycles. The van der Waals surface area contributed by atoms with Crippen molar-refractivity contribution in [3.8, 4) is 0 Å². The summed E-state index contributed by atoms with van der Waals surface area (Å²) in [7, 11) is 2.76. The first-order chi connectivity index (χ1) is 7.83. The van der Waals surface area contributed by atoms with E-state index in [9.17, 15) is 0 Å². The first kappa shape index (κ1) is 14.4. The fraction of sp³-hybridized carbons (Fsp3) is 0.571. The normalized spacial score (nSPS) is 17.5. The van der Waals surface area contributed by atoms with Gasteiger partial charge in [-0.1, -0.05) is 30.3 Å². The van der Waals surface area contributed by atoms with Gasteiger partial charge in [0.2, 0.25) is 0 Å². The molecule has 0 N–H and O–H groups in total. The third kappa shape index (κ3) is 2.97. The molecule has 1 unspecified atom stereocenters. The molecular weight excluding hydrogens is 226 g/mol.